The summed E-state index contributed by atoms with van der Waals surface area (Å²) in [6, 6.07) is -0.788. The number of aryl methyl sites for hydroxylation is 2. The van der Waals surface area contributed by atoms with Crippen LogP contribution in [0.25, 0.3) is 11.0 Å². The number of aliphatic carboxylic acids is 1. The molecule has 0 spiro atoms. The monoisotopic (exact) mass is 529 g/mol. The van der Waals surface area contributed by atoms with Crippen molar-refractivity contribution in [2.75, 3.05) is 38.1 Å². The molecule has 2 atom stereocenters. The highest BCUT2D eigenvalue weighted by molar-refractivity contribution is 6.24. The fourth-order valence-corrected chi connectivity index (χ4v) is 5.45. The molecule has 1 fully saturated rings. The van der Waals surface area contributed by atoms with Gasteiger partial charge in [0.05, 0.1) is 27.7 Å². The second kappa shape index (κ2) is 10.1. The van der Waals surface area contributed by atoms with Crippen LogP contribution in [-0.2, 0) is 11.8 Å². The van der Waals surface area contributed by atoms with E-state index in [1.807, 2.05) is 14.0 Å². The van der Waals surface area contributed by atoms with Crippen molar-refractivity contribution in [3.8, 4) is 0 Å². The Kier molecular flexibility index (Phi) is 7.29. The predicted octanol–water partition coefficient (Wildman–Crippen LogP) is 2.26. The van der Waals surface area contributed by atoms with E-state index in [9.17, 15) is 19.5 Å². The van der Waals surface area contributed by atoms with Crippen LogP contribution in [0.1, 0.15) is 29.9 Å². The molecule has 1 aliphatic carbocycles. The molecule has 0 saturated carbocycles. The Morgan fingerprint density at radius 1 is 1.19 bits per heavy atom. The van der Waals surface area contributed by atoms with Crippen LogP contribution >= 0.6 is 11.6 Å². The number of piperazine rings is 1. The molecule has 2 aliphatic rings. The molecule has 3 amide bonds. The van der Waals surface area contributed by atoms with Gasteiger partial charge in [-0.1, -0.05) is 19.9 Å². The van der Waals surface area contributed by atoms with E-state index in [1.165, 1.54) is 24.4 Å². The highest BCUT2D eigenvalue weighted by Crippen LogP contribution is 2.41. The van der Waals surface area contributed by atoms with E-state index in [4.69, 9.17) is 11.6 Å². The number of nitrogens with zero attached hydrogens (tertiary/aromatic N) is 5. The van der Waals surface area contributed by atoms with Crippen LogP contribution in [0.5, 0.6) is 0 Å². The first-order valence-corrected chi connectivity index (χ1v) is 12.6. The molecule has 0 bridgehead atoms. The molecule has 2 aromatic heterocycles. The van der Waals surface area contributed by atoms with Crippen LogP contribution in [0.2, 0.25) is 0 Å². The summed E-state index contributed by atoms with van der Waals surface area (Å²) in [5.41, 5.74) is 1.20. The van der Waals surface area contributed by atoms with Gasteiger partial charge >= 0.3 is 12.0 Å². The van der Waals surface area contributed by atoms with Crippen molar-refractivity contribution in [1.82, 2.24) is 30.3 Å². The molecule has 0 aromatic carbocycles. The number of carboxylic acids is 1. The number of nitrogens with one attached hydrogen (secondary N) is 2. The highest BCUT2D eigenvalue weighted by atomic mass is 35.5. The van der Waals surface area contributed by atoms with Crippen LogP contribution in [0.15, 0.2) is 30.1 Å². The number of likely N-dealkylation sites (N-methyl/N-ethyl adjacent to an activating group) is 1. The number of rotatable bonds is 5. The Morgan fingerprint density at radius 3 is 2.49 bits per heavy atom. The largest absolute Gasteiger partial charge is 0.481 e. The smallest absolute Gasteiger partial charge is 0.326 e. The van der Waals surface area contributed by atoms with E-state index >= 15 is 0 Å². The fraction of sp³-hybridized carbons (Fsp3) is 0.480. The number of imide groups is 1. The van der Waals surface area contributed by atoms with Crippen molar-refractivity contribution in [2.45, 2.75) is 26.1 Å². The van der Waals surface area contributed by atoms with Gasteiger partial charge in [0.25, 0.3) is 5.91 Å². The molecular weight excluding hydrogens is 498 g/mol. The average Bonchev–Trinajstić information content (AvgIpc) is 3.13. The predicted molar refractivity (Wildman–Crippen MR) is 141 cm³/mol. The number of halogens is 1. The van der Waals surface area contributed by atoms with E-state index in [-0.39, 0.29) is 17.2 Å². The number of pyridine rings is 1. The molecule has 0 radical (unpaired) electrons. The topological polar surface area (TPSA) is 133 Å². The van der Waals surface area contributed by atoms with E-state index in [2.05, 4.69) is 30.5 Å². The number of fused-ring (bicyclic) bond motifs is 1. The van der Waals surface area contributed by atoms with E-state index in [1.54, 1.807) is 25.6 Å². The van der Waals surface area contributed by atoms with Gasteiger partial charge in [-0.3, -0.25) is 19.6 Å². The van der Waals surface area contributed by atoms with Gasteiger partial charge in [0, 0.05) is 45.1 Å². The first kappa shape index (κ1) is 26.6. The van der Waals surface area contributed by atoms with Crippen LogP contribution in [-0.4, -0.2) is 81.3 Å². The molecule has 198 valence electrons. The Morgan fingerprint density at radius 2 is 1.86 bits per heavy atom. The third-order valence-corrected chi connectivity index (χ3v) is 7.68. The van der Waals surface area contributed by atoms with Crippen molar-refractivity contribution < 1.29 is 19.5 Å². The second-order valence-corrected chi connectivity index (χ2v) is 10.4. The third-order valence-electron chi connectivity index (χ3n) is 7.17. The molecule has 37 heavy (non-hydrogen) atoms. The van der Waals surface area contributed by atoms with Gasteiger partial charge < -0.3 is 20.2 Å². The van der Waals surface area contributed by atoms with Crippen molar-refractivity contribution in [3.63, 3.8) is 0 Å². The van der Waals surface area contributed by atoms with Gasteiger partial charge in [-0.05, 0) is 32.0 Å². The fourth-order valence-electron chi connectivity index (χ4n) is 4.97. The maximum atomic E-state index is 13.4. The maximum absolute atomic E-state index is 13.4. The van der Waals surface area contributed by atoms with Crippen molar-refractivity contribution in [1.29, 1.82) is 0 Å². The number of allylic oxidation sites excluding steroid dienone is 2. The Labute approximate surface area is 220 Å². The second-order valence-electron chi connectivity index (χ2n) is 9.88. The highest BCUT2D eigenvalue weighted by Gasteiger charge is 2.47. The van der Waals surface area contributed by atoms with Crippen molar-refractivity contribution >= 4 is 46.2 Å². The lowest BCUT2D eigenvalue weighted by atomic mass is 9.71. The molecule has 1 saturated heterocycles. The number of carboxylic acid groups (broad SMARTS) is 1. The molecule has 1 aliphatic heterocycles. The minimum absolute atomic E-state index is 0.245. The zero-order valence-corrected chi connectivity index (χ0v) is 22.3. The van der Waals surface area contributed by atoms with Crippen molar-refractivity contribution in [3.05, 3.63) is 41.4 Å². The van der Waals surface area contributed by atoms with Gasteiger partial charge in [-0.25, -0.2) is 9.78 Å². The van der Waals surface area contributed by atoms with Gasteiger partial charge in [-0.2, -0.15) is 5.10 Å². The van der Waals surface area contributed by atoms with Crippen molar-refractivity contribution in [2.24, 2.45) is 18.4 Å². The van der Waals surface area contributed by atoms with Gasteiger partial charge in [-0.15, -0.1) is 11.6 Å². The Hall–Kier alpha value is -3.44. The summed E-state index contributed by atoms with van der Waals surface area (Å²) in [6.07, 6.45) is 5.96. The number of hydrogen-bond donors (Lipinski definition) is 3. The number of hydrogen-bond acceptors (Lipinski definition) is 7. The summed E-state index contributed by atoms with van der Waals surface area (Å²) >= 11 is 6.34. The first-order chi connectivity index (χ1) is 17.5. The molecule has 2 unspecified atom stereocenters. The van der Waals surface area contributed by atoms with Gasteiger partial charge in [0.1, 0.15) is 5.41 Å². The van der Waals surface area contributed by atoms with Crippen LogP contribution in [0, 0.1) is 18.3 Å². The minimum atomic E-state index is -1.40. The lowest BCUT2D eigenvalue weighted by Gasteiger charge is -2.36. The maximum Gasteiger partial charge on any atom is 0.326 e. The molecular formula is C25H32ClN7O4. The summed E-state index contributed by atoms with van der Waals surface area (Å²) in [6.45, 7) is 8.45. The van der Waals surface area contributed by atoms with E-state index < -0.39 is 28.7 Å². The summed E-state index contributed by atoms with van der Waals surface area (Å²) in [5.74, 6) is -2.05. The quantitative estimate of drug-likeness (QED) is 0.502. The molecule has 3 N–H and O–H groups in total. The number of aromatic nitrogens is 3. The molecule has 4 rings (SSSR count). The number of carbonyl (C=O) groups is 3. The molecule has 12 heteroatoms. The number of urea groups is 1. The normalized spacial score (nSPS) is 22.3. The van der Waals surface area contributed by atoms with Gasteiger partial charge in [0.2, 0.25) is 0 Å². The summed E-state index contributed by atoms with van der Waals surface area (Å²) in [5, 5.41) is 19.3. The van der Waals surface area contributed by atoms with Crippen LogP contribution < -0.4 is 15.5 Å². The number of carbonyl (C=O) groups excluding carboxylic acids is 2. The standard InChI is InChI=1S/C25H32ClN7O4/c1-14(2)25(23(35)36)12-16(6-7-18(25)26)28-24(37)29-22(34)17-13-27-21-19(15(3)30-32(21)5)20(17)33-10-8-31(4)9-11-33/h6-7,12-14,18H,8-11H2,1-5H3,(H,35,36)(H2,28,29,34,37). The zero-order chi connectivity index (χ0) is 27.1. The summed E-state index contributed by atoms with van der Waals surface area (Å²) in [7, 11) is 3.85. The lowest BCUT2D eigenvalue weighted by Crippen LogP contribution is -2.46. The van der Waals surface area contributed by atoms with Crippen LogP contribution in [0.3, 0.4) is 0 Å². The zero-order valence-electron chi connectivity index (χ0n) is 21.6. The van der Waals surface area contributed by atoms with E-state index in [0.29, 0.717) is 24.4 Å². The minimum Gasteiger partial charge on any atom is -0.481 e. The average molecular weight is 530 g/mol. The van der Waals surface area contributed by atoms with Crippen LogP contribution in [0.4, 0.5) is 10.5 Å². The first-order valence-electron chi connectivity index (χ1n) is 12.1. The summed E-state index contributed by atoms with van der Waals surface area (Å²) < 4.78 is 1.67. The lowest BCUT2D eigenvalue weighted by molar-refractivity contribution is -0.148. The molecule has 2 aromatic rings. The SMILES string of the molecule is Cc1nn(C)c2ncc(C(=O)NC(=O)NC3=CC(C(=O)O)(C(C)C)C(Cl)C=C3)c(N3CCN(C)CC3)c12. The Balaban J connectivity index is 1.62. The third kappa shape index (κ3) is 4.80. The van der Waals surface area contributed by atoms with Gasteiger partial charge in [0.15, 0.2) is 5.65 Å². The number of anilines is 1. The Bertz CT molecular complexity index is 1310. The summed E-state index contributed by atoms with van der Waals surface area (Å²) in [4.78, 5) is 47.1. The number of alkyl halides is 1. The van der Waals surface area contributed by atoms with E-state index in [0.717, 1.165) is 24.2 Å². The number of amides is 3. The molecule has 11 nitrogen and oxygen atoms in total. The molecule has 3 heterocycles.